The fraction of sp³-hybridized carbons (Fsp3) is 0.811. The van der Waals surface area contributed by atoms with Crippen molar-refractivity contribution in [1.82, 2.24) is 31.5 Å². The Bertz CT molecular complexity index is 1520. The fourth-order valence-corrected chi connectivity index (χ4v) is 5.42. The number of esters is 2. The highest BCUT2D eigenvalue weighted by Crippen LogP contribution is 2.27. The number of hydrogen-bond acceptors (Lipinski definition) is 16. The van der Waals surface area contributed by atoms with Crippen LogP contribution in [-0.4, -0.2) is 170 Å². The van der Waals surface area contributed by atoms with Crippen LogP contribution in [0.3, 0.4) is 0 Å². The van der Waals surface area contributed by atoms with Gasteiger partial charge >= 0.3 is 24.0 Å². The number of amides is 4. The van der Waals surface area contributed by atoms with E-state index in [2.05, 4.69) is 21.5 Å². The number of halogens is 6. The average Bonchev–Trinajstić information content (AvgIpc) is 3.19. The molecule has 64 heavy (non-hydrogen) atoms. The van der Waals surface area contributed by atoms with Crippen molar-refractivity contribution >= 4 is 111 Å². The lowest BCUT2D eigenvalue weighted by atomic mass is 10.1. The van der Waals surface area contributed by atoms with Crippen LogP contribution in [-0.2, 0) is 52.5 Å². The lowest BCUT2D eigenvalue weighted by Gasteiger charge is -2.35. The summed E-state index contributed by atoms with van der Waals surface area (Å²) in [7, 11) is 2.78. The van der Waals surface area contributed by atoms with Crippen molar-refractivity contribution in [2.24, 2.45) is 11.8 Å². The number of nitrogens with zero attached hydrogens (tertiary/aromatic N) is 2. The van der Waals surface area contributed by atoms with E-state index in [4.69, 9.17) is 104 Å². The van der Waals surface area contributed by atoms with E-state index in [1.165, 1.54) is 24.2 Å². The number of carboxylic acid groups (broad SMARTS) is 1. The molecule has 2 heterocycles. The van der Waals surface area contributed by atoms with Crippen LogP contribution in [0.2, 0.25) is 0 Å². The second-order valence-corrected chi connectivity index (χ2v) is 21.0. The van der Waals surface area contributed by atoms with Gasteiger partial charge in [0.1, 0.15) is 49.1 Å². The van der Waals surface area contributed by atoms with Gasteiger partial charge in [-0.1, -0.05) is 97.3 Å². The number of alkyl carbamates (subject to hydrolysis) is 1. The van der Waals surface area contributed by atoms with Gasteiger partial charge in [-0.15, -0.1) is 0 Å². The zero-order chi connectivity index (χ0) is 49.7. The van der Waals surface area contributed by atoms with E-state index in [0.29, 0.717) is 38.8 Å². The molecule has 372 valence electrons. The van der Waals surface area contributed by atoms with Crippen LogP contribution in [0.1, 0.15) is 74.1 Å². The molecule has 0 aromatic heterocycles. The highest BCUT2D eigenvalue weighted by Gasteiger charge is 2.37. The van der Waals surface area contributed by atoms with Crippen LogP contribution < -0.4 is 21.5 Å². The van der Waals surface area contributed by atoms with E-state index in [9.17, 15) is 38.7 Å². The molecular weight excluding hydrogens is 981 g/mol. The first kappa shape index (κ1) is 61.6. The average molecular weight is 1040 g/mol. The van der Waals surface area contributed by atoms with Gasteiger partial charge in [0.15, 0.2) is 6.10 Å². The van der Waals surface area contributed by atoms with Crippen molar-refractivity contribution in [2.45, 2.75) is 124 Å². The monoisotopic (exact) mass is 1040 g/mol. The molecule has 2 unspecified atom stereocenters. The quantitative estimate of drug-likeness (QED) is 0.0665. The van der Waals surface area contributed by atoms with Gasteiger partial charge in [0, 0.05) is 27.3 Å². The molecule has 2 saturated heterocycles. The van der Waals surface area contributed by atoms with Gasteiger partial charge in [-0.3, -0.25) is 34.0 Å². The van der Waals surface area contributed by atoms with Gasteiger partial charge in [-0.05, 0) is 58.3 Å². The smallest absolute Gasteiger partial charge is 0.408 e. The maximum absolute atomic E-state index is 12.8. The number of hydrogen-bond donors (Lipinski definition) is 7. The van der Waals surface area contributed by atoms with Gasteiger partial charge in [0.05, 0.1) is 13.2 Å². The number of hydrazine groups is 2. The zero-order valence-electron chi connectivity index (χ0n) is 37.1. The lowest BCUT2D eigenvalue weighted by molar-refractivity contribution is -0.154. The van der Waals surface area contributed by atoms with Gasteiger partial charge in [-0.25, -0.2) is 20.4 Å². The highest BCUT2D eigenvalue weighted by atomic mass is 35.6. The molecule has 4 amide bonds. The minimum Gasteiger partial charge on any atom is -0.479 e. The minimum atomic E-state index is -1.73. The van der Waals surface area contributed by atoms with Crippen molar-refractivity contribution < 1.29 is 72.6 Å². The first-order chi connectivity index (χ1) is 29.3. The Hall–Kier alpha value is -2.41. The molecule has 0 aliphatic carbocycles. The number of nitrogens with one attached hydrogen (secondary N) is 4. The van der Waals surface area contributed by atoms with Crippen LogP contribution >= 0.6 is 69.6 Å². The number of ether oxygens (including phenoxy) is 5. The molecule has 0 radical (unpaired) electrons. The summed E-state index contributed by atoms with van der Waals surface area (Å²) in [4.78, 5) is 83.8. The second-order valence-electron chi connectivity index (χ2n) is 16.0. The van der Waals surface area contributed by atoms with Gasteiger partial charge in [-0.2, -0.15) is 0 Å². The topological polar surface area (TPSA) is 281 Å². The van der Waals surface area contributed by atoms with Crippen molar-refractivity contribution in [3.8, 4) is 0 Å². The third-order valence-electron chi connectivity index (χ3n) is 8.28. The molecule has 2 aliphatic rings. The van der Waals surface area contributed by atoms with Crippen molar-refractivity contribution in [2.75, 3.05) is 53.7 Å². The molecular formula is C37H62Cl6N6O15. The van der Waals surface area contributed by atoms with E-state index in [1.807, 2.05) is 0 Å². The largest absolute Gasteiger partial charge is 0.479 e. The number of carbonyl (C=O) groups is 7. The molecule has 2 rings (SSSR count). The maximum atomic E-state index is 12.8. The second kappa shape index (κ2) is 29.4. The molecule has 0 bridgehead atoms. The molecule has 0 spiro atoms. The number of aliphatic hydroxyl groups excluding tert-OH is 2. The van der Waals surface area contributed by atoms with Crippen LogP contribution in [0.25, 0.3) is 0 Å². The van der Waals surface area contributed by atoms with E-state index in [-0.39, 0.29) is 25.0 Å². The summed E-state index contributed by atoms with van der Waals surface area (Å²) in [6.45, 7) is 11.4. The first-order valence-electron chi connectivity index (χ1n) is 19.8. The molecule has 0 aromatic rings. The molecule has 0 aromatic carbocycles. The van der Waals surface area contributed by atoms with Crippen LogP contribution in [0.15, 0.2) is 0 Å². The predicted molar refractivity (Wildman–Crippen MR) is 236 cm³/mol. The summed E-state index contributed by atoms with van der Waals surface area (Å²) >= 11 is 33.4. The van der Waals surface area contributed by atoms with Crippen molar-refractivity contribution in [3.05, 3.63) is 0 Å². The molecule has 6 atom stereocenters. The summed E-state index contributed by atoms with van der Waals surface area (Å²) in [5.74, 6) is -4.65. The first-order valence-corrected chi connectivity index (χ1v) is 22.1. The molecule has 7 N–H and O–H groups in total. The molecule has 2 aliphatic heterocycles. The number of aliphatic carboxylic acids is 1. The Morgan fingerprint density at radius 1 is 0.672 bits per heavy atom. The summed E-state index contributed by atoms with van der Waals surface area (Å²) in [5.41, 5.74) is 4.83. The Morgan fingerprint density at radius 3 is 1.34 bits per heavy atom. The van der Waals surface area contributed by atoms with E-state index < -0.39 is 104 Å². The van der Waals surface area contributed by atoms with Crippen LogP contribution in [0.5, 0.6) is 0 Å². The highest BCUT2D eigenvalue weighted by molar-refractivity contribution is 6.68. The summed E-state index contributed by atoms with van der Waals surface area (Å²) in [6, 6.07) is -3.61. The van der Waals surface area contributed by atoms with Gasteiger partial charge in [0.2, 0.25) is 13.5 Å². The number of carboxylic acids is 1. The SMILES string of the molecule is CC(C)[C@H](O)C(=O)O.COCC(NC(=O)OC(C)(C)C)C(=O)N1CCC[C@@H](C(=O)OCC(Cl)(Cl)Cl)N1.COCC(NC(=O)[C@@H](O)C(C)C)C(=O)N1CCC[C@@H](C(=O)OCC(Cl)(Cl)Cl)N1. The lowest BCUT2D eigenvalue weighted by Crippen LogP contribution is -2.61. The third-order valence-corrected chi connectivity index (χ3v) is 8.94. The molecule has 27 heteroatoms. The minimum absolute atomic E-state index is 0.0708. The Balaban J connectivity index is 0.00000106. The predicted octanol–water partition coefficient (Wildman–Crippen LogP) is 2.57. The van der Waals surface area contributed by atoms with Crippen LogP contribution in [0.4, 0.5) is 4.79 Å². The summed E-state index contributed by atoms with van der Waals surface area (Å²) < 4.78 is 21.6. The van der Waals surface area contributed by atoms with Gasteiger partial charge < -0.3 is 49.6 Å². The molecule has 0 saturated carbocycles. The Kier molecular flexibility index (Phi) is 28.3. The molecule has 21 nitrogen and oxygen atoms in total. The normalized spacial score (nSPS) is 18.7. The van der Waals surface area contributed by atoms with Crippen LogP contribution in [0, 0.1) is 11.8 Å². The van der Waals surface area contributed by atoms with E-state index in [1.54, 1.807) is 48.5 Å². The van der Waals surface area contributed by atoms with E-state index in [0.717, 1.165) is 0 Å². The van der Waals surface area contributed by atoms with Gasteiger partial charge in [0.25, 0.3) is 11.8 Å². The van der Waals surface area contributed by atoms with E-state index >= 15 is 0 Å². The number of rotatable bonds is 16. The van der Waals surface area contributed by atoms with Crippen molar-refractivity contribution in [1.29, 1.82) is 0 Å². The summed E-state index contributed by atoms with van der Waals surface area (Å²) in [5, 5.41) is 34.0. The number of aliphatic hydroxyl groups is 2. The molecule has 2 fully saturated rings. The zero-order valence-corrected chi connectivity index (χ0v) is 41.6. The number of alkyl halides is 6. The standard InChI is InChI=1S/2C16H26Cl3N3O6.C5H10O3/c1-15(2,3)28-14(25)20-11(8-26-4)12(23)22-7-5-6-10(21-22)13(24)27-9-16(17,18)19;1-9(2)12(23)13(24)20-11(7-27-3)14(25)22-6-4-5-10(21-22)15(26)28-8-16(17,18)19;1-3(2)4(6)5(7)8/h10-11,21H,5-9H2,1-4H3,(H,20,25);9-12,21,23H,4-8H2,1-3H3,(H,20,24);3-4,6H,1-2H3,(H,7,8)/t10-,11?;10-,11?,12-;4-/m000/s1. The fourth-order valence-electron chi connectivity index (χ4n) is 5.09. The maximum Gasteiger partial charge on any atom is 0.408 e. The van der Waals surface area contributed by atoms with Crippen molar-refractivity contribution in [3.63, 3.8) is 0 Å². The number of carbonyl (C=O) groups excluding carboxylic acids is 6. The Morgan fingerprint density at radius 2 is 1.05 bits per heavy atom. The number of methoxy groups -OCH3 is 2. The third kappa shape index (κ3) is 26.1. The summed E-state index contributed by atoms with van der Waals surface area (Å²) in [6.07, 6.45) is -1.29. The Labute approximate surface area is 402 Å².